The number of ether oxygens (including phenoxy) is 1. The molecule has 1 atom stereocenters. The quantitative estimate of drug-likeness (QED) is 0.538. The third-order valence-electron chi connectivity index (χ3n) is 4.10. The molecule has 0 saturated heterocycles. The van der Waals surface area contributed by atoms with Gasteiger partial charge >= 0.3 is 6.09 Å². The number of carbonyl (C=O) groups is 2. The molecule has 9 nitrogen and oxygen atoms in total. The predicted molar refractivity (Wildman–Crippen MR) is 120 cm³/mol. The second-order valence-electron chi connectivity index (χ2n) is 8.09. The first-order valence-electron chi connectivity index (χ1n) is 9.71. The lowest BCUT2D eigenvalue weighted by molar-refractivity contribution is -0.125. The molecule has 0 aliphatic carbocycles. The lowest BCUT2D eigenvalue weighted by Crippen LogP contribution is -2.36. The average molecular weight is 463 g/mol. The number of amides is 2. The van der Waals surface area contributed by atoms with Crippen LogP contribution in [-0.2, 0) is 16.0 Å². The van der Waals surface area contributed by atoms with E-state index in [0.717, 1.165) is 5.56 Å². The van der Waals surface area contributed by atoms with Crippen LogP contribution >= 0.6 is 23.1 Å². The Kier molecular flexibility index (Phi) is 7.16. The Balaban J connectivity index is 1.85. The van der Waals surface area contributed by atoms with Gasteiger partial charge < -0.3 is 15.0 Å². The van der Waals surface area contributed by atoms with Crippen LogP contribution in [0.1, 0.15) is 38.2 Å². The number of hydrogen-bond donors (Lipinski definition) is 1. The Labute approximate surface area is 189 Å². The SMILES string of the molecule is CN(C)C(=O)CSc1nn2c([C@H](Cc3ccccc3)NC(=O)OC(C)(C)C)nnc2s1. The minimum atomic E-state index is -0.620. The van der Waals surface area contributed by atoms with Gasteiger partial charge in [-0.1, -0.05) is 53.4 Å². The van der Waals surface area contributed by atoms with Crippen molar-refractivity contribution in [2.45, 2.75) is 43.2 Å². The largest absolute Gasteiger partial charge is 0.444 e. The third-order valence-corrected chi connectivity index (χ3v) is 6.12. The third kappa shape index (κ3) is 6.41. The minimum absolute atomic E-state index is 0.00438. The van der Waals surface area contributed by atoms with Crippen molar-refractivity contribution in [3.05, 3.63) is 41.7 Å². The average Bonchev–Trinajstić information content (AvgIpc) is 3.25. The van der Waals surface area contributed by atoms with E-state index in [9.17, 15) is 9.59 Å². The maximum Gasteiger partial charge on any atom is 0.408 e. The van der Waals surface area contributed by atoms with Crippen molar-refractivity contribution in [3.8, 4) is 0 Å². The van der Waals surface area contributed by atoms with Crippen LogP contribution in [0.3, 0.4) is 0 Å². The Bertz CT molecular complexity index is 1040. The molecule has 1 N–H and O–H groups in total. The molecule has 3 rings (SSSR count). The van der Waals surface area contributed by atoms with Gasteiger partial charge in [-0.25, -0.2) is 4.79 Å². The maximum atomic E-state index is 12.5. The van der Waals surface area contributed by atoms with E-state index in [1.165, 1.54) is 23.1 Å². The Morgan fingerprint density at radius 3 is 2.58 bits per heavy atom. The number of carbonyl (C=O) groups excluding carboxylic acids is 2. The van der Waals surface area contributed by atoms with Crippen LogP contribution in [0.15, 0.2) is 34.7 Å². The van der Waals surface area contributed by atoms with Gasteiger partial charge in [0.25, 0.3) is 0 Å². The summed E-state index contributed by atoms with van der Waals surface area (Å²) < 4.78 is 7.77. The van der Waals surface area contributed by atoms with E-state index >= 15 is 0 Å². The minimum Gasteiger partial charge on any atom is -0.444 e. The van der Waals surface area contributed by atoms with Gasteiger partial charge in [0.15, 0.2) is 10.2 Å². The van der Waals surface area contributed by atoms with Crippen molar-refractivity contribution < 1.29 is 14.3 Å². The molecule has 0 spiro atoms. The zero-order valence-electron chi connectivity index (χ0n) is 18.2. The van der Waals surface area contributed by atoms with Gasteiger partial charge in [-0.05, 0) is 26.3 Å². The summed E-state index contributed by atoms with van der Waals surface area (Å²) in [6.07, 6.45) is -0.0356. The number of benzene rings is 1. The number of nitrogens with zero attached hydrogens (tertiary/aromatic N) is 5. The van der Waals surface area contributed by atoms with Gasteiger partial charge in [-0.2, -0.15) is 4.52 Å². The van der Waals surface area contributed by atoms with E-state index in [4.69, 9.17) is 4.74 Å². The maximum absolute atomic E-state index is 12.5. The van der Waals surface area contributed by atoms with Crippen molar-refractivity contribution >= 4 is 40.1 Å². The summed E-state index contributed by atoms with van der Waals surface area (Å²) in [6.45, 7) is 5.44. The summed E-state index contributed by atoms with van der Waals surface area (Å²) in [5, 5.41) is 15.9. The summed E-state index contributed by atoms with van der Waals surface area (Å²) in [5.41, 5.74) is 0.409. The number of nitrogens with one attached hydrogen (secondary N) is 1. The number of fused-ring (bicyclic) bond motifs is 1. The van der Waals surface area contributed by atoms with Gasteiger partial charge in [0.2, 0.25) is 10.9 Å². The zero-order chi connectivity index (χ0) is 22.6. The standard InChI is InChI=1S/C20H26N6O3S2/c1-20(2,3)29-18(28)21-14(11-13-9-7-6-8-10-13)16-22-23-17-26(16)24-19(31-17)30-12-15(27)25(4)5/h6-10,14H,11-12H2,1-5H3,(H,21,28)/t14-/m0/s1. The van der Waals surface area contributed by atoms with Crippen LogP contribution in [-0.4, -0.2) is 62.2 Å². The molecule has 2 amide bonds. The molecule has 2 aromatic heterocycles. The van der Waals surface area contributed by atoms with Crippen LogP contribution in [0.2, 0.25) is 0 Å². The molecule has 0 bridgehead atoms. The molecular formula is C20H26N6O3S2. The van der Waals surface area contributed by atoms with E-state index in [-0.39, 0.29) is 11.7 Å². The second kappa shape index (κ2) is 9.65. The van der Waals surface area contributed by atoms with Crippen molar-refractivity contribution in [2.24, 2.45) is 0 Å². The summed E-state index contributed by atoms with van der Waals surface area (Å²) >= 11 is 2.70. The molecule has 0 aliphatic rings. The molecule has 2 heterocycles. The molecule has 0 aliphatic heterocycles. The molecule has 11 heteroatoms. The number of aromatic nitrogens is 4. The number of rotatable bonds is 7. The van der Waals surface area contributed by atoms with Gasteiger partial charge in [-0.3, -0.25) is 4.79 Å². The highest BCUT2D eigenvalue weighted by Gasteiger charge is 2.26. The van der Waals surface area contributed by atoms with E-state index in [1.807, 2.05) is 51.1 Å². The molecule has 0 saturated carbocycles. The lowest BCUT2D eigenvalue weighted by atomic mass is 10.1. The smallest absolute Gasteiger partial charge is 0.408 e. The topological polar surface area (TPSA) is 102 Å². The normalized spacial score (nSPS) is 12.5. The van der Waals surface area contributed by atoms with E-state index in [1.54, 1.807) is 23.5 Å². The lowest BCUT2D eigenvalue weighted by Gasteiger charge is -2.22. The highest BCUT2D eigenvalue weighted by Crippen LogP contribution is 2.27. The number of alkyl carbamates (subject to hydrolysis) is 1. The van der Waals surface area contributed by atoms with Crippen LogP contribution in [0.25, 0.3) is 4.96 Å². The summed E-state index contributed by atoms with van der Waals surface area (Å²) in [7, 11) is 3.44. The van der Waals surface area contributed by atoms with E-state index in [0.29, 0.717) is 21.5 Å². The fraction of sp³-hybridized carbons (Fsp3) is 0.450. The monoisotopic (exact) mass is 462 g/mol. The van der Waals surface area contributed by atoms with Crippen LogP contribution in [0.5, 0.6) is 0 Å². The first kappa shape index (κ1) is 23.0. The van der Waals surface area contributed by atoms with Crippen molar-refractivity contribution in [2.75, 3.05) is 19.8 Å². The Morgan fingerprint density at radius 2 is 1.94 bits per heavy atom. The van der Waals surface area contributed by atoms with Gasteiger partial charge in [-0.15, -0.1) is 15.3 Å². The molecular weight excluding hydrogens is 436 g/mol. The molecule has 166 valence electrons. The highest BCUT2D eigenvalue weighted by molar-refractivity contribution is 8.01. The molecule has 1 aromatic carbocycles. The van der Waals surface area contributed by atoms with Gasteiger partial charge in [0.1, 0.15) is 5.60 Å². The predicted octanol–water partition coefficient (Wildman–Crippen LogP) is 3.17. The highest BCUT2D eigenvalue weighted by atomic mass is 32.2. The van der Waals surface area contributed by atoms with Crippen LogP contribution in [0, 0.1) is 0 Å². The summed E-state index contributed by atoms with van der Waals surface area (Å²) in [4.78, 5) is 26.5. The van der Waals surface area contributed by atoms with E-state index in [2.05, 4.69) is 20.6 Å². The first-order chi connectivity index (χ1) is 14.6. The molecule has 31 heavy (non-hydrogen) atoms. The first-order valence-corrected chi connectivity index (χ1v) is 11.5. The molecule has 0 unspecified atom stereocenters. The van der Waals surface area contributed by atoms with Crippen molar-refractivity contribution in [1.82, 2.24) is 30.0 Å². The molecule has 3 aromatic rings. The number of hydrogen-bond acceptors (Lipinski definition) is 8. The summed E-state index contributed by atoms with van der Waals surface area (Å²) in [6, 6.07) is 9.30. The second-order valence-corrected chi connectivity index (χ2v) is 10.3. The summed E-state index contributed by atoms with van der Waals surface area (Å²) in [5.74, 6) is 0.798. The van der Waals surface area contributed by atoms with Crippen molar-refractivity contribution in [1.29, 1.82) is 0 Å². The fourth-order valence-electron chi connectivity index (χ4n) is 2.65. The van der Waals surface area contributed by atoms with Gasteiger partial charge in [0.05, 0.1) is 11.8 Å². The Morgan fingerprint density at radius 1 is 1.23 bits per heavy atom. The fourth-order valence-corrected chi connectivity index (χ4v) is 4.51. The molecule has 0 fully saturated rings. The zero-order valence-corrected chi connectivity index (χ0v) is 19.8. The molecule has 0 radical (unpaired) electrons. The van der Waals surface area contributed by atoms with Crippen LogP contribution in [0.4, 0.5) is 4.79 Å². The number of thioether (sulfide) groups is 1. The van der Waals surface area contributed by atoms with Gasteiger partial charge in [0, 0.05) is 20.5 Å². The van der Waals surface area contributed by atoms with Crippen molar-refractivity contribution in [3.63, 3.8) is 0 Å². The van der Waals surface area contributed by atoms with E-state index < -0.39 is 17.7 Å². The Hall–Kier alpha value is -2.66. The van der Waals surface area contributed by atoms with Crippen LogP contribution < -0.4 is 5.32 Å².